The monoisotopic (exact) mass is 516 g/mol. The lowest BCUT2D eigenvalue weighted by Crippen LogP contribution is -2.03. The third kappa shape index (κ3) is 21.7. The topological polar surface area (TPSA) is 242 Å². The van der Waals surface area contributed by atoms with Gasteiger partial charge < -0.3 is 40.1 Å². The van der Waals surface area contributed by atoms with E-state index < -0.39 is 35.8 Å². The lowest BCUT2D eigenvalue weighted by Gasteiger charge is -1.95. The molecule has 1 aromatic rings. The van der Waals surface area contributed by atoms with Crippen LogP contribution in [0, 0.1) is 0 Å². The van der Waals surface area contributed by atoms with Gasteiger partial charge in [0.15, 0.2) is 0 Å². The minimum absolute atomic E-state index is 0.0186. The molecule has 0 saturated heterocycles. The average Bonchev–Trinajstić information content (AvgIpc) is 3.20. The standard InChI is InChI=1S/C8H6O4.C6H10O4.C4H2O3.C4H10O3/c9-7(10)5-2-1-3-6(4-5)8(11)12;7-5(8)3-1-2-4-6(9)10;5-3-1-2-4(6)7-3;5-1-3-7-4-2-6/h1-4H,(H,9,10)(H,11,12);1-4H2,(H,7,8)(H,9,10);1-2H;5-6H,1-4H2. The van der Waals surface area contributed by atoms with Crippen LogP contribution in [-0.4, -0.2) is 92.9 Å². The molecule has 1 aliphatic rings. The van der Waals surface area contributed by atoms with Crippen molar-refractivity contribution in [2.75, 3.05) is 26.4 Å². The van der Waals surface area contributed by atoms with Crippen LogP contribution in [0.2, 0.25) is 0 Å². The van der Waals surface area contributed by atoms with E-state index >= 15 is 0 Å². The van der Waals surface area contributed by atoms with Crippen molar-refractivity contribution in [2.45, 2.75) is 25.7 Å². The SMILES string of the molecule is O=C(O)CCCCC(=O)O.O=C(O)c1cccc(C(=O)O)c1.O=C1C=CC(=O)O1.OCCOCCO. The van der Waals surface area contributed by atoms with Gasteiger partial charge in [0.2, 0.25) is 0 Å². The molecule has 14 heteroatoms. The molecule has 1 heterocycles. The Morgan fingerprint density at radius 3 is 1.36 bits per heavy atom. The van der Waals surface area contributed by atoms with Gasteiger partial charge in [-0.25, -0.2) is 19.2 Å². The molecule has 0 spiro atoms. The minimum Gasteiger partial charge on any atom is -0.481 e. The van der Waals surface area contributed by atoms with Crippen molar-refractivity contribution in [1.29, 1.82) is 0 Å². The van der Waals surface area contributed by atoms with Crippen LogP contribution in [0.1, 0.15) is 46.4 Å². The normalized spacial score (nSPS) is 10.9. The Morgan fingerprint density at radius 1 is 0.722 bits per heavy atom. The summed E-state index contributed by atoms with van der Waals surface area (Å²) in [5.74, 6) is -5.15. The lowest BCUT2D eigenvalue weighted by molar-refractivity contribution is -0.150. The molecule has 0 aliphatic carbocycles. The number of carbonyl (C=O) groups excluding carboxylic acids is 2. The summed E-state index contributed by atoms with van der Waals surface area (Å²) in [7, 11) is 0. The average molecular weight is 516 g/mol. The van der Waals surface area contributed by atoms with Crippen LogP contribution in [0.5, 0.6) is 0 Å². The Balaban J connectivity index is 0. The fourth-order valence-electron chi connectivity index (χ4n) is 1.87. The highest BCUT2D eigenvalue weighted by Crippen LogP contribution is 2.04. The van der Waals surface area contributed by atoms with Crippen molar-refractivity contribution < 1.29 is 68.9 Å². The van der Waals surface area contributed by atoms with Gasteiger partial charge in [-0.05, 0) is 31.0 Å². The molecule has 0 unspecified atom stereocenters. The third-order valence-corrected chi connectivity index (χ3v) is 3.42. The number of carbonyl (C=O) groups is 6. The number of benzene rings is 1. The fourth-order valence-corrected chi connectivity index (χ4v) is 1.87. The molecular formula is C22H28O14. The van der Waals surface area contributed by atoms with E-state index in [4.69, 9.17) is 30.6 Å². The molecule has 200 valence electrons. The van der Waals surface area contributed by atoms with Crippen LogP contribution in [0.3, 0.4) is 0 Å². The largest absolute Gasteiger partial charge is 0.481 e. The Kier molecular flexibility index (Phi) is 20.2. The van der Waals surface area contributed by atoms with Gasteiger partial charge in [0.25, 0.3) is 0 Å². The molecule has 0 atom stereocenters. The number of cyclic esters (lactones) is 2. The maximum absolute atomic E-state index is 10.4. The molecule has 6 N–H and O–H groups in total. The second kappa shape index (κ2) is 21.4. The summed E-state index contributed by atoms with van der Waals surface area (Å²) in [6.07, 6.45) is 3.19. The first-order valence-corrected chi connectivity index (χ1v) is 10.2. The maximum atomic E-state index is 10.4. The summed E-state index contributed by atoms with van der Waals surface area (Å²) in [5, 5.41) is 49.4. The molecule has 0 bridgehead atoms. The predicted molar refractivity (Wildman–Crippen MR) is 119 cm³/mol. The number of hydrogen-bond donors (Lipinski definition) is 6. The van der Waals surface area contributed by atoms with E-state index in [0.29, 0.717) is 26.1 Å². The highest BCUT2D eigenvalue weighted by molar-refractivity contribution is 6.04. The van der Waals surface area contributed by atoms with E-state index in [9.17, 15) is 28.8 Å². The van der Waals surface area contributed by atoms with Gasteiger partial charge in [0.05, 0.1) is 37.6 Å². The van der Waals surface area contributed by atoms with E-state index in [2.05, 4.69) is 9.47 Å². The summed E-state index contributed by atoms with van der Waals surface area (Å²) in [4.78, 5) is 60.4. The van der Waals surface area contributed by atoms with E-state index in [1.807, 2.05) is 0 Å². The van der Waals surface area contributed by atoms with Crippen LogP contribution in [0.25, 0.3) is 0 Å². The zero-order valence-corrected chi connectivity index (χ0v) is 19.1. The van der Waals surface area contributed by atoms with Gasteiger partial charge in [0, 0.05) is 25.0 Å². The first-order valence-electron chi connectivity index (χ1n) is 10.2. The van der Waals surface area contributed by atoms with Crippen molar-refractivity contribution in [3.8, 4) is 0 Å². The summed E-state index contributed by atoms with van der Waals surface area (Å²) in [6.45, 7) is 0.696. The van der Waals surface area contributed by atoms with Crippen LogP contribution in [0.15, 0.2) is 36.4 Å². The molecule has 14 nitrogen and oxygen atoms in total. The van der Waals surface area contributed by atoms with Crippen LogP contribution in [0.4, 0.5) is 0 Å². The number of aliphatic carboxylic acids is 2. The third-order valence-electron chi connectivity index (χ3n) is 3.42. The molecule has 0 amide bonds. The quantitative estimate of drug-likeness (QED) is 0.133. The van der Waals surface area contributed by atoms with Gasteiger partial charge in [0.1, 0.15) is 0 Å². The van der Waals surface area contributed by atoms with Crippen molar-refractivity contribution in [3.05, 3.63) is 47.5 Å². The molecule has 36 heavy (non-hydrogen) atoms. The first kappa shape index (κ1) is 34.0. The van der Waals surface area contributed by atoms with E-state index in [1.165, 1.54) is 18.2 Å². The van der Waals surface area contributed by atoms with E-state index in [1.54, 1.807) is 0 Å². The van der Waals surface area contributed by atoms with Gasteiger partial charge in [-0.2, -0.15) is 0 Å². The number of esters is 2. The molecule has 0 saturated carbocycles. The van der Waals surface area contributed by atoms with Gasteiger partial charge in [-0.15, -0.1) is 0 Å². The number of aliphatic hydroxyl groups is 2. The molecule has 0 radical (unpaired) electrons. The van der Waals surface area contributed by atoms with Crippen LogP contribution in [-0.2, 0) is 28.7 Å². The van der Waals surface area contributed by atoms with Crippen molar-refractivity contribution in [2.24, 2.45) is 0 Å². The lowest BCUT2D eigenvalue weighted by atomic mass is 10.1. The number of aliphatic hydroxyl groups excluding tert-OH is 2. The van der Waals surface area contributed by atoms with Gasteiger partial charge in [-0.3, -0.25) is 9.59 Å². The number of carboxylic acid groups (broad SMARTS) is 4. The van der Waals surface area contributed by atoms with Crippen molar-refractivity contribution >= 4 is 35.8 Å². The fraction of sp³-hybridized carbons (Fsp3) is 0.364. The van der Waals surface area contributed by atoms with E-state index in [0.717, 1.165) is 18.2 Å². The number of carboxylic acids is 4. The number of rotatable bonds is 11. The second-order valence-electron chi connectivity index (χ2n) is 6.32. The Morgan fingerprint density at radius 2 is 1.11 bits per heavy atom. The molecular weight excluding hydrogens is 488 g/mol. The maximum Gasteiger partial charge on any atom is 0.338 e. The zero-order valence-electron chi connectivity index (χ0n) is 19.1. The predicted octanol–water partition coefficient (Wildman–Crippen LogP) is 0.413. The van der Waals surface area contributed by atoms with Gasteiger partial charge in [-0.1, -0.05) is 6.07 Å². The van der Waals surface area contributed by atoms with E-state index in [-0.39, 0.29) is 37.2 Å². The summed E-state index contributed by atoms with van der Waals surface area (Å²) in [6, 6.07) is 5.20. The first-order chi connectivity index (χ1) is 16.9. The van der Waals surface area contributed by atoms with Crippen LogP contribution < -0.4 is 0 Å². The number of unbranched alkanes of at least 4 members (excludes halogenated alkanes) is 1. The number of hydrogen-bond acceptors (Lipinski definition) is 10. The van der Waals surface area contributed by atoms with Crippen molar-refractivity contribution in [3.63, 3.8) is 0 Å². The number of aromatic carboxylic acids is 2. The Bertz CT molecular complexity index is 825. The molecule has 0 aromatic heterocycles. The summed E-state index contributed by atoms with van der Waals surface area (Å²) >= 11 is 0. The smallest absolute Gasteiger partial charge is 0.338 e. The van der Waals surface area contributed by atoms with Crippen LogP contribution >= 0.6 is 0 Å². The molecule has 2 rings (SSSR count). The summed E-state index contributed by atoms with van der Waals surface area (Å²) in [5.41, 5.74) is -0.0372. The Hall–Kier alpha value is -4.14. The highest BCUT2D eigenvalue weighted by atomic mass is 16.6. The molecule has 0 fully saturated rings. The van der Waals surface area contributed by atoms with Gasteiger partial charge >= 0.3 is 35.8 Å². The highest BCUT2D eigenvalue weighted by Gasteiger charge is 2.10. The van der Waals surface area contributed by atoms with Crippen molar-refractivity contribution in [1.82, 2.24) is 0 Å². The summed E-state index contributed by atoms with van der Waals surface area (Å²) < 4.78 is 8.60. The molecule has 1 aromatic carbocycles. The second-order valence-corrected chi connectivity index (χ2v) is 6.32. The Labute approximate surface area is 205 Å². The number of ether oxygens (including phenoxy) is 2. The minimum atomic E-state index is -1.13. The molecule has 1 aliphatic heterocycles. The zero-order chi connectivity index (χ0) is 27.9.